The van der Waals surface area contributed by atoms with Gasteiger partial charge in [-0.05, 0) is 29.7 Å². The van der Waals surface area contributed by atoms with Crippen LogP contribution >= 0.6 is 0 Å². The van der Waals surface area contributed by atoms with E-state index in [1.807, 2.05) is 24.3 Å². The summed E-state index contributed by atoms with van der Waals surface area (Å²) in [7, 11) is 1.66. The quantitative estimate of drug-likeness (QED) is 0.766. The molecule has 0 aliphatic heterocycles. The zero-order valence-electron chi connectivity index (χ0n) is 11.0. The van der Waals surface area contributed by atoms with E-state index in [0.29, 0.717) is 18.8 Å². The Bertz CT molecular complexity index is 697. The molecule has 2 aromatic heterocycles. The molecule has 0 spiro atoms. The van der Waals surface area contributed by atoms with Crippen molar-refractivity contribution in [2.24, 2.45) is 0 Å². The predicted octanol–water partition coefficient (Wildman–Crippen LogP) is 2.28. The molecule has 2 heterocycles. The summed E-state index contributed by atoms with van der Waals surface area (Å²) < 4.78 is 9.92. The molecule has 0 amide bonds. The number of benzene rings is 1. The highest BCUT2D eigenvalue weighted by molar-refractivity contribution is 5.92. The van der Waals surface area contributed by atoms with Crippen LogP contribution in [0.3, 0.4) is 0 Å². The van der Waals surface area contributed by atoms with Crippen LogP contribution in [0.15, 0.2) is 41.4 Å². The maximum atomic E-state index is 5.22. The number of methoxy groups -OCH3 is 1. The lowest BCUT2D eigenvalue weighted by Crippen LogP contribution is -2.07. The van der Waals surface area contributed by atoms with E-state index in [1.165, 1.54) is 6.39 Å². The molecule has 0 bridgehead atoms. The molecule has 1 N–H and O–H groups in total. The fraction of sp³-hybridized carbons (Fsp3) is 0.214. The standard InChI is InChI=1S/C14H14N4O2/c1-19-11-2-3-12-10(8-11)4-6-15-14(12)16-7-5-13-17-9-20-18-13/h2-4,6,8-9H,5,7H2,1H3,(H,15,16). The van der Waals surface area contributed by atoms with Gasteiger partial charge in [-0.3, -0.25) is 0 Å². The van der Waals surface area contributed by atoms with Crippen LogP contribution in [0.2, 0.25) is 0 Å². The molecule has 0 aliphatic rings. The maximum absolute atomic E-state index is 5.22. The van der Waals surface area contributed by atoms with Crippen molar-refractivity contribution < 1.29 is 9.26 Å². The van der Waals surface area contributed by atoms with Gasteiger partial charge in [-0.15, -0.1) is 0 Å². The van der Waals surface area contributed by atoms with Crippen LogP contribution in [0.25, 0.3) is 10.8 Å². The Hall–Kier alpha value is -2.63. The number of aromatic nitrogens is 3. The molecule has 6 heteroatoms. The number of fused-ring (bicyclic) bond motifs is 1. The summed E-state index contributed by atoms with van der Waals surface area (Å²) in [4.78, 5) is 8.34. The normalized spacial score (nSPS) is 10.7. The number of nitrogens with one attached hydrogen (secondary N) is 1. The molecule has 102 valence electrons. The van der Waals surface area contributed by atoms with Gasteiger partial charge < -0.3 is 14.6 Å². The molecule has 0 saturated carbocycles. The summed E-state index contributed by atoms with van der Waals surface area (Å²) in [6.45, 7) is 0.692. The fourth-order valence-electron chi connectivity index (χ4n) is 2.02. The first-order valence-corrected chi connectivity index (χ1v) is 6.29. The van der Waals surface area contributed by atoms with Crippen molar-refractivity contribution in [1.29, 1.82) is 0 Å². The molecule has 1 aromatic carbocycles. The van der Waals surface area contributed by atoms with Crippen LogP contribution < -0.4 is 10.1 Å². The Labute approximate surface area is 115 Å². The van der Waals surface area contributed by atoms with Gasteiger partial charge in [0, 0.05) is 24.5 Å². The number of ether oxygens (including phenoxy) is 1. The van der Waals surface area contributed by atoms with Crippen LogP contribution in [0.1, 0.15) is 5.82 Å². The van der Waals surface area contributed by atoms with Gasteiger partial charge in [-0.2, -0.15) is 4.98 Å². The summed E-state index contributed by atoms with van der Waals surface area (Å²) in [6.07, 6.45) is 3.79. The lowest BCUT2D eigenvalue weighted by molar-refractivity contribution is 0.410. The predicted molar refractivity (Wildman–Crippen MR) is 74.8 cm³/mol. The first-order chi connectivity index (χ1) is 9.86. The van der Waals surface area contributed by atoms with E-state index in [0.717, 1.165) is 22.3 Å². The van der Waals surface area contributed by atoms with E-state index in [-0.39, 0.29) is 0 Å². The van der Waals surface area contributed by atoms with Gasteiger partial charge in [0.1, 0.15) is 11.6 Å². The molecule has 6 nitrogen and oxygen atoms in total. The number of pyridine rings is 1. The number of anilines is 1. The highest BCUT2D eigenvalue weighted by atomic mass is 16.5. The molecular weight excluding hydrogens is 256 g/mol. The molecule has 0 aliphatic carbocycles. The Morgan fingerprint density at radius 2 is 2.20 bits per heavy atom. The summed E-state index contributed by atoms with van der Waals surface area (Å²) in [5.74, 6) is 2.36. The SMILES string of the molecule is COc1ccc2c(NCCc3ncon3)nccc2c1. The van der Waals surface area contributed by atoms with Crippen molar-refractivity contribution in [3.63, 3.8) is 0 Å². The highest BCUT2D eigenvalue weighted by Gasteiger charge is 2.04. The van der Waals surface area contributed by atoms with Crippen molar-refractivity contribution in [3.8, 4) is 5.75 Å². The fourth-order valence-corrected chi connectivity index (χ4v) is 2.02. The van der Waals surface area contributed by atoms with Gasteiger partial charge in [0.25, 0.3) is 0 Å². The smallest absolute Gasteiger partial charge is 0.213 e. The van der Waals surface area contributed by atoms with Crippen molar-refractivity contribution >= 4 is 16.6 Å². The topological polar surface area (TPSA) is 73.1 Å². The zero-order chi connectivity index (χ0) is 13.8. The largest absolute Gasteiger partial charge is 0.497 e. The van der Waals surface area contributed by atoms with Crippen LogP contribution in [-0.2, 0) is 6.42 Å². The lowest BCUT2D eigenvalue weighted by Gasteiger charge is -2.08. The first kappa shape index (κ1) is 12.4. The Morgan fingerprint density at radius 1 is 1.25 bits per heavy atom. The molecule has 20 heavy (non-hydrogen) atoms. The molecule has 0 radical (unpaired) electrons. The first-order valence-electron chi connectivity index (χ1n) is 6.29. The molecule has 0 unspecified atom stereocenters. The van der Waals surface area contributed by atoms with Gasteiger partial charge in [0.05, 0.1) is 7.11 Å². The van der Waals surface area contributed by atoms with E-state index in [4.69, 9.17) is 9.26 Å². The van der Waals surface area contributed by atoms with Crippen molar-refractivity contribution in [1.82, 2.24) is 15.1 Å². The average molecular weight is 270 g/mol. The van der Waals surface area contributed by atoms with Crippen LogP contribution in [-0.4, -0.2) is 28.8 Å². The van der Waals surface area contributed by atoms with E-state index in [2.05, 4.69) is 20.4 Å². The van der Waals surface area contributed by atoms with E-state index in [1.54, 1.807) is 13.3 Å². The van der Waals surface area contributed by atoms with E-state index >= 15 is 0 Å². The van der Waals surface area contributed by atoms with Crippen LogP contribution in [0.4, 0.5) is 5.82 Å². The molecular formula is C14H14N4O2. The van der Waals surface area contributed by atoms with Crippen molar-refractivity contribution in [2.75, 3.05) is 19.0 Å². The number of rotatable bonds is 5. The van der Waals surface area contributed by atoms with Crippen molar-refractivity contribution in [2.45, 2.75) is 6.42 Å². The molecule has 3 aromatic rings. The molecule has 0 atom stereocenters. The third kappa shape index (κ3) is 2.54. The van der Waals surface area contributed by atoms with Crippen LogP contribution in [0.5, 0.6) is 5.75 Å². The Kier molecular flexibility index (Phi) is 3.45. The number of hydrogen-bond acceptors (Lipinski definition) is 6. The second-order valence-electron chi connectivity index (χ2n) is 4.27. The van der Waals surface area contributed by atoms with E-state index < -0.39 is 0 Å². The molecule has 0 saturated heterocycles. The van der Waals surface area contributed by atoms with E-state index in [9.17, 15) is 0 Å². The molecule has 3 rings (SSSR count). The van der Waals surface area contributed by atoms with Gasteiger partial charge in [-0.25, -0.2) is 4.98 Å². The Balaban J connectivity index is 1.77. The minimum absolute atomic E-state index is 0.680. The molecule has 0 fully saturated rings. The van der Waals surface area contributed by atoms with Gasteiger partial charge in [-0.1, -0.05) is 5.16 Å². The summed E-state index contributed by atoms with van der Waals surface area (Å²) in [5, 5.41) is 9.20. The maximum Gasteiger partial charge on any atom is 0.213 e. The number of hydrogen-bond donors (Lipinski definition) is 1. The van der Waals surface area contributed by atoms with Crippen LogP contribution in [0, 0.1) is 0 Å². The highest BCUT2D eigenvalue weighted by Crippen LogP contribution is 2.25. The summed E-state index contributed by atoms with van der Waals surface area (Å²) >= 11 is 0. The van der Waals surface area contributed by atoms with Gasteiger partial charge in [0.15, 0.2) is 5.82 Å². The zero-order valence-corrected chi connectivity index (χ0v) is 11.0. The third-order valence-electron chi connectivity index (χ3n) is 3.02. The second-order valence-corrected chi connectivity index (χ2v) is 4.27. The average Bonchev–Trinajstić information content (AvgIpc) is 3.00. The minimum atomic E-state index is 0.680. The summed E-state index contributed by atoms with van der Waals surface area (Å²) in [6, 6.07) is 7.87. The third-order valence-corrected chi connectivity index (χ3v) is 3.02. The second kappa shape index (κ2) is 5.56. The monoisotopic (exact) mass is 270 g/mol. The Morgan fingerprint density at radius 3 is 3.00 bits per heavy atom. The van der Waals surface area contributed by atoms with Gasteiger partial charge >= 0.3 is 0 Å². The minimum Gasteiger partial charge on any atom is -0.497 e. The lowest BCUT2D eigenvalue weighted by atomic mass is 10.1. The summed E-state index contributed by atoms with van der Waals surface area (Å²) in [5.41, 5.74) is 0. The van der Waals surface area contributed by atoms with Crippen molar-refractivity contribution in [3.05, 3.63) is 42.7 Å². The number of nitrogens with zero attached hydrogens (tertiary/aromatic N) is 3. The van der Waals surface area contributed by atoms with Gasteiger partial charge in [0.2, 0.25) is 6.39 Å².